The summed E-state index contributed by atoms with van der Waals surface area (Å²) in [6.45, 7) is 0.790. The highest BCUT2D eigenvalue weighted by Crippen LogP contribution is 2.42. The van der Waals surface area contributed by atoms with Crippen LogP contribution in [0.3, 0.4) is 0 Å². The van der Waals surface area contributed by atoms with Crippen molar-refractivity contribution in [1.82, 2.24) is 10.3 Å². The Labute approximate surface area is 163 Å². The summed E-state index contributed by atoms with van der Waals surface area (Å²) in [6, 6.07) is 8.50. The number of ether oxygens (including phenoxy) is 3. The molecule has 0 saturated heterocycles. The molecular weight excluding hydrogens is 371 g/mol. The second kappa shape index (κ2) is 7.66. The van der Waals surface area contributed by atoms with Crippen LogP contribution in [0.25, 0.3) is 10.9 Å². The molecule has 27 heavy (non-hydrogen) atoms. The van der Waals surface area contributed by atoms with Crippen LogP contribution in [0.4, 0.5) is 4.39 Å². The van der Waals surface area contributed by atoms with Gasteiger partial charge in [0, 0.05) is 34.8 Å². The average Bonchev–Trinajstić information content (AvgIpc) is 3.04. The molecule has 2 heterocycles. The zero-order valence-corrected chi connectivity index (χ0v) is 16.2. The molecule has 0 amide bonds. The number of nitrogens with one attached hydrogen (secondary N) is 2. The van der Waals surface area contributed by atoms with E-state index in [2.05, 4.69) is 10.3 Å². The van der Waals surface area contributed by atoms with Crippen molar-refractivity contribution in [3.05, 3.63) is 53.0 Å². The first-order valence-corrected chi connectivity index (χ1v) is 8.49. The molecule has 4 rings (SSSR count). The highest BCUT2D eigenvalue weighted by atomic mass is 35.5. The van der Waals surface area contributed by atoms with E-state index < -0.39 is 0 Å². The number of hydrogen-bond donors (Lipinski definition) is 2. The maximum Gasteiger partial charge on any atom is 0.164 e. The first kappa shape index (κ1) is 19.3. The third-order valence-corrected chi connectivity index (χ3v) is 4.96. The zero-order valence-electron chi connectivity index (χ0n) is 15.4. The average molecular weight is 393 g/mol. The van der Waals surface area contributed by atoms with Gasteiger partial charge in [0.25, 0.3) is 0 Å². The largest absolute Gasteiger partial charge is 0.496 e. The van der Waals surface area contributed by atoms with Crippen LogP contribution in [-0.4, -0.2) is 32.9 Å². The van der Waals surface area contributed by atoms with E-state index in [1.54, 1.807) is 33.5 Å². The minimum atomic E-state index is -0.224. The van der Waals surface area contributed by atoms with Gasteiger partial charge in [-0.15, -0.1) is 12.4 Å². The van der Waals surface area contributed by atoms with Crippen molar-refractivity contribution < 1.29 is 18.6 Å². The third kappa shape index (κ3) is 3.19. The Balaban J connectivity index is 0.00000210. The maximum absolute atomic E-state index is 13.7. The van der Waals surface area contributed by atoms with Gasteiger partial charge >= 0.3 is 0 Å². The Kier molecular flexibility index (Phi) is 5.48. The second-order valence-electron chi connectivity index (χ2n) is 6.29. The van der Waals surface area contributed by atoms with Crippen molar-refractivity contribution in [2.45, 2.75) is 12.5 Å². The van der Waals surface area contributed by atoms with Gasteiger partial charge in [0.15, 0.2) is 11.5 Å². The van der Waals surface area contributed by atoms with Crippen molar-refractivity contribution in [3.63, 3.8) is 0 Å². The van der Waals surface area contributed by atoms with E-state index in [-0.39, 0.29) is 24.3 Å². The van der Waals surface area contributed by atoms with Gasteiger partial charge in [-0.3, -0.25) is 0 Å². The molecule has 0 bridgehead atoms. The van der Waals surface area contributed by atoms with Crippen LogP contribution in [0.1, 0.15) is 22.9 Å². The molecule has 2 N–H and O–H groups in total. The van der Waals surface area contributed by atoms with Crippen molar-refractivity contribution in [2.75, 3.05) is 27.9 Å². The molecule has 1 aliphatic rings. The number of methoxy groups -OCH3 is 3. The van der Waals surface area contributed by atoms with Crippen LogP contribution in [0.5, 0.6) is 17.2 Å². The van der Waals surface area contributed by atoms with Gasteiger partial charge in [0.05, 0.1) is 27.4 Å². The highest BCUT2D eigenvalue weighted by molar-refractivity contribution is 5.86. The standard InChI is InChI=1S/C20H21FN2O3.ClH/c1-24-16-10-18(26-3)17(25-2)9-14(16)19-20-12(6-7-22-19)13-8-11(21)4-5-15(13)23-20;/h4-5,8-10,19,22-23H,6-7H2,1-3H3;1H. The molecule has 0 radical (unpaired) electrons. The van der Waals surface area contributed by atoms with Crippen LogP contribution >= 0.6 is 12.4 Å². The van der Waals surface area contributed by atoms with Crippen molar-refractivity contribution in [3.8, 4) is 17.2 Å². The van der Waals surface area contributed by atoms with E-state index >= 15 is 0 Å². The maximum atomic E-state index is 13.7. The fraction of sp³-hybridized carbons (Fsp3) is 0.300. The SMILES string of the molecule is COc1cc(OC)c(C2NCCc3c2[nH]c2ccc(F)cc32)cc1OC.Cl. The van der Waals surface area contributed by atoms with Crippen molar-refractivity contribution >= 4 is 23.3 Å². The molecule has 1 aliphatic heterocycles. The van der Waals surface area contributed by atoms with Gasteiger partial charge in [-0.05, 0) is 36.2 Å². The molecule has 0 fully saturated rings. The van der Waals surface area contributed by atoms with Crippen LogP contribution in [0.15, 0.2) is 30.3 Å². The third-order valence-electron chi connectivity index (χ3n) is 4.96. The van der Waals surface area contributed by atoms with E-state index in [1.807, 2.05) is 12.1 Å². The van der Waals surface area contributed by atoms with E-state index in [4.69, 9.17) is 14.2 Å². The van der Waals surface area contributed by atoms with Gasteiger partial charge in [0.1, 0.15) is 11.6 Å². The lowest BCUT2D eigenvalue weighted by molar-refractivity contribution is 0.345. The predicted octanol–water partition coefficient (Wildman–Crippen LogP) is 3.99. The lowest BCUT2D eigenvalue weighted by Gasteiger charge is -2.27. The molecule has 1 atom stereocenters. The Morgan fingerprint density at radius 1 is 0.963 bits per heavy atom. The molecule has 2 aromatic carbocycles. The molecule has 7 heteroatoms. The minimum Gasteiger partial charge on any atom is -0.496 e. The molecule has 1 unspecified atom stereocenters. The molecule has 5 nitrogen and oxygen atoms in total. The fourth-order valence-electron chi connectivity index (χ4n) is 3.74. The summed E-state index contributed by atoms with van der Waals surface area (Å²) in [5, 5.41) is 4.47. The molecule has 1 aromatic heterocycles. The topological polar surface area (TPSA) is 55.5 Å². The van der Waals surface area contributed by atoms with Crippen molar-refractivity contribution in [2.24, 2.45) is 0 Å². The highest BCUT2D eigenvalue weighted by Gasteiger charge is 2.28. The number of rotatable bonds is 4. The lowest BCUT2D eigenvalue weighted by Crippen LogP contribution is -2.30. The number of hydrogen-bond acceptors (Lipinski definition) is 4. The number of fused-ring (bicyclic) bond motifs is 3. The van der Waals surface area contributed by atoms with E-state index in [0.29, 0.717) is 17.2 Å². The van der Waals surface area contributed by atoms with Gasteiger partial charge in [-0.2, -0.15) is 0 Å². The molecule has 3 aromatic rings. The van der Waals surface area contributed by atoms with E-state index in [0.717, 1.165) is 40.7 Å². The zero-order chi connectivity index (χ0) is 18.3. The van der Waals surface area contributed by atoms with Crippen molar-refractivity contribution in [1.29, 1.82) is 0 Å². The summed E-state index contributed by atoms with van der Waals surface area (Å²) in [5.74, 6) is 1.73. The molecular formula is C20H22ClFN2O3. The summed E-state index contributed by atoms with van der Waals surface area (Å²) < 4.78 is 30.2. The van der Waals surface area contributed by atoms with Crippen LogP contribution in [0, 0.1) is 5.82 Å². The van der Waals surface area contributed by atoms with Crippen LogP contribution < -0.4 is 19.5 Å². The Hall–Kier alpha value is -2.44. The van der Waals surface area contributed by atoms with Gasteiger partial charge in [-0.25, -0.2) is 4.39 Å². The lowest BCUT2D eigenvalue weighted by atomic mass is 9.93. The molecule has 0 aliphatic carbocycles. The van der Waals surface area contributed by atoms with Crippen LogP contribution in [0.2, 0.25) is 0 Å². The number of halogens is 2. The van der Waals surface area contributed by atoms with Gasteiger partial charge < -0.3 is 24.5 Å². The Morgan fingerprint density at radius 2 is 1.67 bits per heavy atom. The van der Waals surface area contributed by atoms with Gasteiger partial charge in [0.2, 0.25) is 0 Å². The summed E-state index contributed by atoms with van der Waals surface area (Å²) in [5.41, 5.74) is 4.05. The normalized spacial score (nSPS) is 15.8. The number of aromatic nitrogens is 1. The number of H-pyrrole nitrogens is 1. The smallest absolute Gasteiger partial charge is 0.164 e. The fourth-order valence-corrected chi connectivity index (χ4v) is 3.74. The monoisotopic (exact) mass is 392 g/mol. The van der Waals surface area contributed by atoms with Gasteiger partial charge in [-0.1, -0.05) is 0 Å². The van der Waals surface area contributed by atoms with Crippen LogP contribution in [-0.2, 0) is 6.42 Å². The molecule has 0 saturated carbocycles. The summed E-state index contributed by atoms with van der Waals surface area (Å²) in [7, 11) is 4.84. The Bertz CT molecular complexity index is 974. The first-order chi connectivity index (χ1) is 12.7. The van der Waals surface area contributed by atoms with E-state index in [1.165, 1.54) is 6.07 Å². The Morgan fingerprint density at radius 3 is 2.37 bits per heavy atom. The quantitative estimate of drug-likeness (QED) is 0.705. The number of benzene rings is 2. The summed E-state index contributed by atoms with van der Waals surface area (Å²) >= 11 is 0. The summed E-state index contributed by atoms with van der Waals surface area (Å²) in [6.07, 6.45) is 0.838. The summed E-state index contributed by atoms with van der Waals surface area (Å²) in [4.78, 5) is 3.45. The minimum absolute atomic E-state index is 0. The second-order valence-corrected chi connectivity index (χ2v) is 6.29. The predicted molar refractivity (Wildman–Crippen MR) is 105 cm³/mol. The first-order valence-electron chi connectivity index (χ1n) is 8.49. The number of aromatic amines is 1. The van der Waals surface area contributed by atoms with E-state index in [9.17, 15) is 4.39 Å². The molecule has 144 valence electrons. The molecule has 0 spiro atoms.